The first-order chi connectivity index (χ1) is 16.9. The normalized spacial score (nSPS) is 11.7. The standard InChI is InChI=1S/2C12H6O6/c1-3-5-7(11(15)17-9(5)13)4(2)8-6(3)10(14)18-12(8)16;1-3-4(2)6-8(12(16)18-10(6)14)7-5(3)9(13)17-11(7)15/h2*1-2H3. The monoisotopic (exact) mass is 492 g/mol. The third-order valence-corrected chi connectivity index (χ3v) is 6.44. The summed E-state index contributed by atoms with van der Waals surface area (Å²) >= 11 is 0. The number of benzene rings is 2. The highest BCUT2D eigenvalue weighted by Gasteiger charge is 2.25. The van der Waals surface area contributed by atoms with E-state index in [-0.39, 0.29) is 54.2 Å². The quantitative estimate of drug-likeness (QED) is 0.281. The zero-order chi connectivity index (χ0) is 26.4. The molecule has 36 heavy (non-hydrogen) atoms. The van der Waals surface area contributed by atoms with Crippen molar-refractivity contribution in [3.63, 3.8) is 0 Å². The molecule has 6 rings (SSSR count). The fourth-order valence-corrected chi connectivity index (χ4v) is 4.68. The molecule has 0 amide bonds. The van der Waals surface area contributed by atoms with E-state index in [0.29, 0.717) is 11.1 Å². The summed E-state index contributed by atoms with van der Waals surface area (Å²) < 4.78 is 18.0. The van der Waals surface area contributed by atoms with Gasteiger partial charge in [0.2, 0.25) is 0 Å². The van der Waals surface area contributed by atoms with E-state index in [2.05, 4.69) is 17.7 Å². The van der Waals surface area contributed by atoms with Crippen LogP contribution in [0.1, 0.15) is 22.3 Å². The third-order valence-electron chi connectivity index (χ3n) is 6.44. The van der Waals surface area contributed by atoms with Gasteiger partial charge in [0, 0.05) is 0 Å². The van der Waals surface area contributed by atoms with Gasteiger partial charge in [-0.25, -0.2) is 38.4 Å². The molecule has 0 fully saturated rings. The predicted molar refractivity (Wildman–Crippen MR) is 126 cm³/mol. The highest BCUT2D eigenvalue weighted by Crippen LogP contribution is 2.26. The molecule has 0 saturated heterocycles. The van der Waals surface area contributed by atoms with Crippen molar-refractivity contribution in [1.29, 1.82) is 0 Å². The van der Waals surface area contributed by atoms with Crippen LogP contribution in [0.4, 0.5) is 0 Å². The van der Waals surface area contributed by atoms with E-state index < -0.39 is 45.0 Å². The predicted octanol–water partition coefficient (Wildman–Crippen LogP) is 0.224. The molecule has 0 unspecified atom stereocenters. The summed E-state index contributed by atoms with van der Waals surface area (Å²) in [6, 6.07) is 0. The van der Waals surface area contributed by atoms with Crippen LogP contribution in [0.2, 0.25) is 0 Å². The summed E-state index contributed by atoms with van der Waals surface area (Å²) in [6.07, 6.45) is 0. The van der Waals surface area contributed by atoms with Crippen LogP contribution < -0.4 is 45.0 Å². The van der Waals surface area contributed by atoms with Gasteiger partial charge in [-0.15, -0.1) is 0 Å². The molecule has 0 N–H and O–H groups in total. The first kappa shape index (κ1) is 22.8. The molecule has 0 bridgehead atoms. The summed E-state index contributed by atoms with van der Waals surface area (Å²) in [5.41, 5.74) is -5.24. The maximum absolute atomic E-state index is 11.6. The van der Waals surface area contributed by atoms with Crippen molar-refractivity contribution in [2.75, 3.05) is 0 Å². The number of rotatable bonds is 0. The molecule has 2 aromatic carbocycles. The van der Waals surface area contributed by atoms with Crippen LogP contribution in [0.5, 0.6) is 0 Å². The van der Waals surface area contributed by atoms with Crippen molar-refractivity contribution in [3.05, 3.63) is 106 Å². The Kier molecular flexibility index (Phi) is 4.59. The van der Waals surface area contributed by atoms with Crippen molar-refractivity contribution in [1.82, 2.24) is 0 Å². The van der Waals surface area contributed by atoms with E-state index in [0.717, 1.165) is 0 Å². The first-order valence-corrected chi connectivity index (χ1v) is 10.3. The molecule has 180 valence electrons. The molecule has 12 nitrogen and oxygen atoms in total. The highest BCUT2D eigenvalue weighted by atomic mass is 16.4. The maximum atomic E-state index is 11.6. The van der Waals surface area contributed by atoms with Crippen LogP contribution in [-0.2, 0) is 0 Å². The zero-order valence-corrected chi connectivity index (χ0v) is 18.9. The van der Waals surface area contributed by atoms with E-state index in [9.17, 15) is 38.4 Å². The largest absolute Gasteiger partial charge is 0.386 e. The van der Waals surface area contributed by atoms with Crippen LogP contribution >= 0.6 is 0 Å². The first-order valence-electron chi connectivity index (χ1n) is 10.3. The molecule has 0 aliphatic heterocycles. The van der Waals surface area contributed by atoms with E-state index in [1.54, 1.807) is 13.8 Å². The van der Waals surface area contributed by atoms with Crippen molar-refractivity contribution < 1.29 is 17.7 Å². The van der Waals surface area contributed by atoms with Crippen molar-refractivity contribution >= 4 is 43.1 Å². The minimum absolute atomic E-state index is 0.0444. The Morgan fingerprint density at radius 1 is 0.278 bits per heavy atom. The Morgan fingerprint density at radius 2 is 0.444 bits per heavy atom. The number of furan rings is 4. The summed E-state index contributed by atoms with van der Waals surface area (Å²) in [5, 5.41) is -0.0506. The van der Waals surface area contributed by atoms with Gasteiger partial charge < -0.3 is 17.7 Å². The highest BCUT2D eigenvalue weighted by molar-refractivity contribution is 6.09. The van der Waals surface area contributed by atoms with Crippen LogP contribution in [-0.4, -0.2) is 0 Å². The lowest BCUT2D eigenvalue weighted by Crippen LogP contribution is -2.01. The van der Waals surface area contributed by atoms with Crippen molar-refractivity contribution in [3.8, 4) is 0 Å². The van der Waals surface area contributed by atoms with Gasteiger partial charge in [0.1, 0.15) is 0 Å². The number of hydrogen-bond donors (Lipinski definition) is 0. The Morgan fingerprint density at radius 3 is 0.667 bits per heavy atom. The molecule has 0 saturated carbocycles. The Bertz CT molecular complexity index is 2090. The number of hydrogen-bond acceptors (Lipinski definition) is 12. The fourth-order valence-electron chi connectivity index (χ4n) is 4.68. The van der Waals surface area contributed by atoms with Crippen molar-refractivity contribution in [2.24, 2.45) is 0 Å². The second-order valence-corrected chi connectivity index (χ2v) is 8.21. The molecule has 0 spiro atoms. The molecule has 0 radical (unpaired) electrons. The van der Waals surface area contributed by atoms with Gasteiger partial charge in [0.25, 0.3) is 0 Å². The molecule has 12 heteroatoms. The van der Waals surface area contributed by atoms with E-state index >= 15 is 0 Å². The minimum Gasteiger partial charge on any atom is -0.386 e. The van der Waals surface area contributed by atoms with Gasteiger partial charge in [0.15, 0.2) is 0 Å². The maximum Gasteiger partial charge on any atom is 0.347 e. The van der Waals surface area contributed by atoms with Crippen LogP contribution in [0.15, 0.2) is 56.0 Å². The third kappa shape index (κ3) is 2.75. The molecule has 4 aromatic heterocycles. The summed E-state index contributed by atoms with van der Waals surface area (Å²) in [5.74, 6) is 0. The van der Waals surface area contributed by atoms with E-state index in [4.69, 9.17) is 0 Å². The zero-order valence-electron chi connectivity index (χ0n) is 18.9. The molecule has 0 aliphatic rings. The van der Waals surface area contributed by atoms with E-state index in [1.807, 2.05) is 0 Å². The van der Waals surface area contributed by atoms with Gasteiger partial charge in [-0.05, 0) is 49.9 Å². The lowest BCUT2D eigenvalue weighted by molar-refractivity contribution is 0.497. The molecular weight excluding hydrogens is 480 g/mol. The number of aryl methyl sites for hydroxylation is 4. The second-order valence-electron chi connectivity index (χ2n) is 8.21. The Hall–Kier alpha value is -5.00. The Labute approximate surface area is 194 Å². The van der Waals surface area contributed by atoms with Gasteiger partial charge in [-0.2, -0.15) is 0 Å². The Balaban J connectivity index is 0.000000148. The van der Waals surface area contributed by atoms with Gasteiger partial charge in [-0.1, -0.05) is 0 Å². The lowest BCUT2D eigenvalue weighted by atomic mass is 9.98. The topological polar surface area (TPSA) is 189 Å². The minimum atomic E-state index is -0.916. The summed E-state index contributed by atoms with van der Waals surface area (Å²) in [4.78, 5) is 92.5. The van der Waals surface area contributed by atoms with E-state index in [1.165, 1.54) is 13.8 Å². The molecule has 0 aliphatic carbocycles. The number of fused-ring (bicyclic) bond motifs is 5. The van der Waals surface area contributed by atoms with Gasteiger partial charge >= 0.3 is 45.0 Å². The molecule has 6 aromatic rings. The average molecular weight is 492 g/mol. The van der Waals surface area contributed by atoms with Crippen LogP contribution in [0.3, 0.4) is 0 Å². The van der Waals surface area contributed by atoms with Gasteiger partial charge in [-0.3, -0.25) is 0 Å². The molecule has 4 heterocycles. The second kappa shape index (κ2) is 7.25. The SMILES string of the molecule is Cc1c(C)c2c(=O)oc(=O)c2c2c(=O)oc(=O)c12.Cc1c2c(=O)oc(=O)c2c(C)c2c(=O)oc(=O)c12. The summed E-state index contributed by atoms with van der Waals surface area (Å²) in [6.45, 7) is 6.14. The van der Waals surface area contributed by atoms with Crippen molar-refractivity contribution in [2.45, 2.75) is 27.7 Å². The lowest BCUT2D eigenvalue weighted by Gasteiger charge is -2.00. The average Bonchev–Trinajstić information content (AvgIpc) is 3.46. The molecular formula is C24H12O12. The molecule has 0 atom stereocenters. The summed E-state index contributed by atoms with van der Waals surface area (Å²) in [7, 11) is 0. The van der Waals surface area contributed by atoms with Crippen LogP contribution in [0.25, 0.3) is 43.1 Å². The smallest absolute Gasteiger partial charge is 0.347 e. The fraction of sp³-hybridized carbons (Fsp3) is 0.167. The van der Waals surface area contributed by atoms with Gasteiger partial charge in [0.05, 0.1) is 43.1 Å². The van der Waals surface area contributed by atoms with Crippen LogP contribution in [0, 0.1) is 27.7 Å².